The molecule has 2 saturated heterocycles. The quantitative estimate of drug-likeness (QED) is 0.774. The summed E-state index contributed by atoms with van der Waals surface area (Å²) in [5.74, 6) is 2.60. The molecule has 2 aromatic rings. The first kappa shape index (κ1) is 18.6. The van der Waals surface area contributed by atoms with Gasteiger partial charge in [-0.05, 0) is 55.9 Å². The molecule has 1 amide bonds. The van der Waals surface area contributed by atoms with Crippen LogP contribution in [-0.2, 0) is 11.2 Å². The second-order valence-corrected chi connectivity index (χ2v) is 8.43. The molecule has 5 rings (SSSR count). The van der Waals surface area contributed by atoms with Crippen LogP contribution < -0.4 is 4.90 Å². The molecule has 1 unspecified atom stereocenters. The van der Waals surface area contributed by atoms with Crippen LogP contribution >= 0.6 is 0 Å². The Labute approximate surface area is 171 Å². The molecular weight excluding hydrogens is 368 g/mol. The van der Waals surface area contributed by atoms with Gasteiger partial charge in [0.1, 0.15) is 0 Å². The fraction of sp³-hybridized carbons (Fsp3) is 0.591. The number of amides is 1. The molecule has 3 fully saturated rings. The maximum atomic E-state index is 13.0. The van der Waals surface area contributed by atoms with Gasteiger partial charge in [-0.2, -0.15) is 4.98 Å². The Hall–Kier alpha value is -2.41. The van der Waals surface area contributed by atoms with Gasteiger partial charge in [0.25, 0.3) is 5.91 Å². The Balaban J connectivity index is 1.19. The minimum Gasteiger partial charge on any atom is -0.378 e. The summed E-state index contributed by atoms with van der Waals surface area (Å²) in [4.78, 5) is 21.9. The fourth-order valence-electron chi connectivity index (χ4n) is 4.34. The van der Waals surface area contributed by atoms with Crippen LogP contribution in [0.2, 0.25) is 0 Å². The number of carbonyl (C=O) groups excluding carboxylic acids is 1. The van der Waals surface area contributed by atoms with Crippen LogP contribution in [0.1, 0.15) is 53.7 Å². The van der Waals surface area contributed by atoms with Gasteiger partial charge < -0.3 is 19.1 Å². The third-order valence-corrected chi connectivity index (χ3v) is 6.19. The summed E-state index contributed by atoms with van der Waals surface area (Å²) >= 11 is 0. The van der Waals surface area contributed by atoms with Crippen molar-refractivity contribution in [2.45, 2.75) is 38.0 Å². The lowest BCUT2D eigenvalue weighted by Gasteiger charge is -2.32. The minimum absolute atomic E-state index is 0.118. The Morgan fingerprint density at radius 2 is 1.86 bits per heavy atom. The standard InChI is InChI=1S/C22H28N4O3/c27-22(18-5-7-19(8-6-18)25-10-12-28-13-11-25)26-9-1-2-16(15-26)14-20-23-21(24-29-20)17-3-4-17/h5-8,16-17H,1-4,9-15H2. The van der Waals surface area contributed by atoms with Gasteiger partial charge >= 0.3 is 0 Å². The van der Waals surface area contributed by atoms with E-state index in [1.807, 2.05) is 17.0 Å². The molecule has 1 aromatic heterocycles. The lowest BCUT2D eigenvalue weighted by molar-refractivity contribution is 0.0668. The van der Waals surface area contributed by atoms with Gasteiger partial charge in [-0.3, -0.25) is 4.79 Å². The first-order chi connectivity index (χ1) is 14.3. The van der Waals surface area contributed by atoms with Crippen LogP contribution in [0.15, 0.2) is 28.8 Å². The molecule has 0 N–H and O–H groups in total. The molecule has 7 nitrogen and oxygen atoms in total. The van der Waals surface area contributed by atoms with Crippen LogP contribution in [-0.4, -0.2) is 60.3 Å². The molecule has 1 atom stereocenters. The van der Waals surface area contributed by atoms with E-state index in [2.05, 4.69) is 27.2 Å². The molecule has 0 spiro atoms. The van der Waals surface area contributed by atoms with Crippen LogP contribution in [0.25, 0.3) is 0 Å². The molecule has 1 aromatic carbocycles. The molecule has 29 heavy (non-hydrogen) atoms. The number of ether oxygens (including phenoxy) is 1. The zero-order valence-corrected chi connectivity index (χ0v) is 16.8. The van der Waals surface area contributed by atoms with Crippen LogP contribution in [0.5, 0.6) is 0 Å². The highest BCUT2D eigenvalue weighted by Gasteiger charge is 2.30. The lowest BCUT2D eigenvalue weighted by Crippen LogP contribution is -2.40. The third kappa shape index (κ3) is 4.29. The Morgan fingerprint density at radius 3 is 2.62 bits per heavy atom. The van der Waals surface area contributed by atoms with Crippen LogP contribution in [0, 0.1) is 5.92 Å². The molecule has 3 aliphatic rings. The number of anilines is 1. The molecule has 1 saturated carbocycles. The Kier molecular flexibility index (Phi) is 5.23. The average molecular weight is 396 g/mol. The van der Waals surface area contributed by atoms with E-state index in [-0.39, 0.29) is 5.91 Å². The maximum absolute atomic E-state index is 13.0. The van der Waals surface area contributed by atoms with Crippen molar-refractivity contribution in [2.75, 3.05) is 44.3 Å². The summed E-state index contributed by atoms with van der Waals surface area (Å²) in [5.41, 5.74) is 1.92. The van der Waals surface area contributed by atoms with E-state index >= 15 is 0 Å². The first-order valence-electron chi connectivity index (χ1n) is 10.8. The predicted octanol–water partition coefficient (Wildman–Crippen LogP) is 2.88. The third-order valence-electron chi connectivity index (χ3n) is 6.19. The molecule has 0 bridgehead atoms. The predicted molar refractivity (Wildman–Crippen MR) is 108 cm³/mol. The number of carbonyl (C=O) groups is 1. The number of piperidine rings is 1. The van der Waals surface area contributed by atoms with Crippen molar-refractivity contribution in [3.63, 3.8) is 0 Å². The van der Waals surface area contributed by atoms with E-state index in [9.17, 15) is 4.79 Å². The van der Waals surface area contributed by atoms with Gasteiger partial charge in [-0.15, -0.1) is 0 Å². The van der Waals surface area contributed by atoms with Crippen molar-refractivity contribution in [3.05, 3.63) is 41.5 Å². The number of aromatic nitrogens is 2. The van der Waals surface area contributed by atoms with Crippen molar-refractivity contribution in [1.29, 1.82) is 0 Å². The zero-order valence-electron chi connectivity index (χ0n) is 16.8. The van der Waals surface area contributed by atoms with Crippen molar-refractivity contribution in [3.8, 4) is 0 Å². The summed E-state index contributed by atoms with van der Waals surface area (Å²) in [6.45, 7) is 4.90. The topological polar surface area (TPSA) is 71.7 Å². The second-order valence-electron chi connectivity index (χ2n) is 8.43. The second kappa shape index (κ2) is 8.14. The number of morpholine rings is 1. The highest BCUT2D eigenvalue weighted by atomic mass is 16.5. The van der Waals surface area contributed by atoms with E-state index in [1.165, 1.54) is 12.8 Å². The zero-order chi connectivity index (χ0) is 19.6. The summed E-state index contributed by atoms with van der Waals surface area (Å²) in [5, 5.41) is 4.11. The van der Waals surface area contributed by atoms with E-state index in [1.54, 1.807) is 0 Å². The van der Waals surface area contributed by atoms with Crippen molar-refractivity contribution in [2.24, 2.45) is 5.92 Å². The summed E-state index contributed by atoms with van der Waals surface area (Å²) < 4.78 is 10.9. The Bertz CT molecular complexity index is 840. The van der Waals surface area contributed by atoms with Crippen LogP contribution in [0.3, 0.4) is 0 Å². The summed E-state index contributed by atoms with van der Waals surface area (Å²) in [6, 6.07) is 8.02. The number of likely N-dealkylation sites (tertiary alicyclic amines) is 1. The van der Waals surface area contributed by atoms with Gasteiger partial charge in [0, 0.05) is 49.8 Å². The molecular formula is C22H28N4O3. The van der Waals surface area contributed by atoms with Gasteiger partial charge in [0.15, 0.2) is 5.82 Å². The summed E-state index contributed by atoms with van der Waals surface area (Å²) in [6.07, 6.45) is 5.23. The molecule has 154 valence electrons. The number of nitrogens with zero attached hydrogens (tertiary/aromatic N) is 4. The number of hydrogen-bond donors (Lipinski definition) is 0. The molecule has 1 aliphatic carbocycles. The average Bonchev–Trinajstić information content (AvgIpc) is 3.53. The number of hydrogen-bond acceptors (Lipinski definition) is 6. The van der Waals surface area contributed by atoms with E-state index in [0.29, 0.717) is 11.8 Å². The Morgan fingerprint density at radius 1 is 1.07 bits per heavy atom. The van der Waals surface area contributed by atoms with Gasteiger partial charge in [-0.1, -0.05) is 5.16 Å². The van der Waals surface area contributed by atoms with Gasteiger partial charge in [0.05, 0.1) is 13.2 Å². The van der Waals surface area contributed by atoms with E-state index < -0.39 is 0 Å². The largest absolute Gasteiger partial charge is 0.378 e. The van der Waals surface area contributed by atoms with Crippen molar-refractivity contribution >= 4 is 11.6 Å². The molecule has 2 aliphatic heterocycles. The molecule has 0 radical (unpaired) electrons. The number of benzene rings is 1. The molecule has 3 heterocycles. The van der Waals surface area contributed by atoms with Gasteiger partial charge in [0.2, 0.25) is 5.89 Å². The minimum atomic E-state index is 0.118. The van der Waals surface area contributed by atoms with Crippen molar-refractivity contribution < 1.29 is 14.1 Å². The van der Waals surface area contributed by atoms with Gasteiger partial charge in [-0.25, -0.2) is 0 Å². The molecule has 7 heteroatoms. The normalized spacial score (nSPS) is 22.7. The monoisotopic (exact) mass is 396 g/mol. The lowest BCUT2D eigenvalue weighted by atomic mass is 9.94. The van der Waals surface area contributed by atoms with Crippen molar-refractivity contribution in [1.82, 2.24) is 15.0 Å². The maximum Gasteiger partial charge on any atom is 0.253 e. The fourth-order valence-corrected chi connectivity index (χ4v) is 4.34. The van der Waals surface area contributed by atoms with E-state index in [4.69, 9.17) is 9.26 Å². The van der Waals surface area contributed by atoms with E-state index in [0.717, 1.165) is 81.6 Å². The summed E-state index contributed by atoms with van der Waals surface area (Å²) in [7, 11) is 0. The highest BCUT2D eigenvalue weighted by Crippen LogP contribution is 2.38. The highest BCUT2D eigenvalue weighted by molar-refractivity contribution is 5.94. The SMILES string of the molecule is O=C(c1ccc(N2CCOCC2)cc1)N1CCCC(Cc2nc(C3CC3)no2)C1. The first-order valence-corrected chi connectivity index (χ1v) is 10.8. The van der Waals surface area contributed by atoms with Crippen LogP contribution in [0.4, 0.5) is 5.69 Å². The smallest absolute Gasteiger partial charge is 0.253 e. The number of rotatable bonds is 5.